The number of carbonyl (C=O) groups excluding carboxylic acids is 2. The Morgan fingerprint density at radius 1 is 1.21 bits per heavy atom. The number of hydrogen-bond acceptors (Lipinski definition) is 7. The van der Waals surface area contributed by atoms with Crippen LogP contribution in [0.25, 0.3) is 0 Å². The number of ether oxygens (including phenoxy) is 4. The van der Waals surface area contributed by atoms with Crippen molar-refractivity contribution in [3.05, 3.63) is 35.4 Å². The minimum Gasteiger partial charge on any atom is -0.493 e. The molecule has 0 bridgehead atoms. The summed E-state index contributed by atoms with van der Waals surface area (Å²) in [5.41, 5.74) is 3.90. The first-order chi connectivity index (χ1) is 13.5. The van der Waals surface area contributed by atoms with E-state index in [0.29, 0.717) is 17.1 Å². The van der Waals surface area contributed by atoms with Gasteiger partial charge in [0, 0.05) is 5.56 Å². The molecule has 1 aliphatic heterocycles. The molecule has 0 fully saturated rings. The van der Waals surface area contributed by atoms with Crippen LogP contribution in [0.4, 0.5) is 9.59 Å². The summed E-state index contributed by atoms with van der Waals surface area (Å²) in [6, 6.07) is 2.96. The average molecular weight is 392 g/mol. The zero-order valence-electron chi connectivity index (χ0n) is 16.0. The molecular weight excluding hydrogens is 368 g/mol. The number of nitrogens with zero attached hydrogens (tertiary/aromatic N) is 1. The number of aliphatic hydroxyl groups is 1. The van der Waals surface area contributed by atoms with E-state index in [1.54, 1.807) is 26.0 Å². The number of amides is 2. The van der Waals surface area contributed by atoms with Gasteiger partial charge in [0.2, 0.25) is 0 Å². The van der Waals surface area contributed by atoms with E-state index in [9.17, 15) is 14.7 Å². The molecule has 152 valence electrons. The lowest BCUT2D eigenvalue weighted by Crippen LogP contribution is -2.53. The minimum atomic E-state index is -0.756. The third-order valence-corrected chi connectivity index (χ3v) is 4.63. The molecule has 2 amide bonds. The van der Waals surface area contributed by atoms with Crippen LogP contribution in [0.2, 0.25) is 0 Å². The van der Waals surface area contributed by atoms with Crippen molar-refractivity contribution in [2.24, 2.45) is 0 Å². The summed E-state index contributed by atoms with van der Waals surface area (Å²) in [7, 11) is 1.52. The largest absolute Gasteiger partial charge is 0.493 e. The lowest BCUT2D eigenvalue weighted by Gasteiger charge is -2.30. The maximum atomic E-state index is 12.5. The molecule has 0 spiro atoms. The number of nitrogens with one attached hydrogen (secondary N) is 1. The molecule has 0 aromatic heterocycles. The monoisotopic (exact) mass is 392 g/mol. The first-order valence-corrected chi connectivity index (χ1v) is 9.10. The van der Waals surface area contributed by atoms with Crippen molar-refractivity contribution in [2.75, 3.05) is 20.3 Å². The van der Waals surface area contributed by atoms with Crippen molar-refractivity contribution in [1.82, 2.24) is 10.4 Å². The smallest absolute Gasteiger partial charge is 0.429 e. The van der Waals surface area contributed by atoms with E-state index in [1.165, 1.54) is 7.11 Å². The van der Waals surface area contributed by atoms with Gasteiger partial charge >= 0.3 is 12.2 Å². The molecule has 3 rings (SSSR count). The van der Waals surface area contributed by atoms with Crippen molar-refractivity contribution in [3.8, 4) is 11.5 Å². The summed E-state index contributed by atoms with van der Waals surface area (Å²) in [5, 5.41) is 10.7. The Kier molecular flexibility index (Phi) is 5.93. The summed E-state index contributed by atoms with van der Waals surface area (Å²) >= 11 is 0. The van der Waals surface area contributed by atoms with Gasteiger partial charge in [0.1, 0.15) is 6.10 Å². The van der Waals surface area contributed by atoms with Gasteiger partial charge in [0.05, 0.1) is 38.9 Å². The van der Waals surface area contributed by atoms with Gasteiger partial charge in [-0.1, -0.05) is 6.08 Å². The molecule has 2 N–H and O–H groups in total. The van der Waals surface area contributed by atoms with Crippen molar-refractivity contribution in [1.29, 1.82) is 0 Å². The van der Waals surface area contributed by atoms with Crippen molar-refractivity contribution in [3.63, 3.8) is 0 Å². The van der Waals surface area contributed by atoms with E-state index < -0.39 is 18.2 Å². The number of methoxy groups -OCH3 is 1. The lowest BCUT2D eigenvalue weighted by atomic mass is 9.91. The number of hydrazine groups is 1. The Bertz CT molecular complexity index is 780. The quantitative estimate of drug-likeness (QED) is 0.584. The van der Waals surface area contributed by atoms with Crippen LogP contribution in [0, 0.1) is 0 Å². The standard InChI is InChI=1S/C19H24N2O7/c1-4-26-18(23)20-21(19(24)27-5-2)13-6-7-14-16(13)12-8-11(10-22)9-15(25-3)17(12)28-14/h6-9,13-14,16,22H,4-5,10H2,1-3H3,(H,20,23)/t13-,14-,16+/m1/s1. The third kappa shape index (κ3) is 3.57. The molecule has 1 aliphatic carbocycles. The molecule has 1 heterocycles. The van der Waals surface area contributed by atoms with Crippen LogP contribution in [0.15, 0.2) is 24.3 Å². The van der Waals surface area contributed by atoms with E-state index in [-0.39, 0.29) is 31.8 Å². The molecule has 0 saturated carbocycles. The fourth-order valence-corrected chi connectivity index (χ4v) is 3.51. The number of carbonyl (C=O) groups is 2. The second kappa shape index (κ2) is 8.39. The molecule has 28 heavy (non-hydrogen) atoms. The minimum absolute atomic E-state index is 0.153. The molecule has 0 saturated heterocycles. The zero-order valence-corrected chi connectivity index (χ0v) is 16.0. The summed E-state index contributed by atoms with van der Waals surface area (Å²) in [6.45, 7) is 3.50. The normalized spacial score (nSPS) is 21.4. The Balaban J connectivity index is 1.95. The van der Waals surface area contributed by atoms with Crippen LogP contribution in [0.1, 0.15) is 30.9 Å². The van der Waals surface area contributed by atoms with Crippen LogP contribution in [0.5, 0.6) is 11.5 Å². The van der Waals surface area contributed by atoms with Gasteiger partial charge < -0.3 is 24.1 Å². The van der Waals surface area contributed by atoms with Crippen LogP contribution in [-0.4, -0.2) is 54.8 Å². The van der Waals surface area contributed by atoms with Gasteiger partial charge in [-0.3, -0.25) is 0 Å². The summed E-state index contributed by atoms with van der Waals surface area (Å²) in [5.74, 6) is 0.759. The summed E-state index contributed by atoms with van der Waals surface area (Å²) in [4.78, 5) is 24.5. The van der Waals surface area contributed by atoms with Crippen molar-refractivity contribution < 1.29 is 33.6 Å². The fraction of sp³-hybridized carbons (Fsp3) is 0.474. The highest BCUT2D eigenvalue weighted by atomic mass is 16.6. The van der Waals surface area contributed by atoms with Crippen LogP contribution in [0.3, 0.4) is 0 Å². The van der Waals surface area contributed by atoms with Crippen molar-refractivity contribution >= 4 is 12.2 Å². The predicted octanol–water partition coefficient (Wildman–Crippen LogP) is 2.09. The summed E-state index contributed by atoms with van der Waals surface area (Å²) in [6.07, 6.45) is 1.80. The second-order valence-electron chi connectivity index (χ2n) is 6.26. The van der Waals surface area contributed by atoms with E-state index in [0.717, 1.165) is 10.6 Å². The maximum absolute atomic E-state index is 12.5. The molecule has 2 aliphatic rings. The number of aliphatic hydroxyl groups excluding tert-OH is 1. The molecule has 0 unspecified atom stereocenters. The Morgan fingerprint density at radius 2 is 1.96 bits per heavy atom. The Morgan fingerprint density at radius 3 is 2.61 bits per heavy atom. The van der Waals surface area contributed by atoms with Gasteiger partial charge in [0.15, 0.2) is 11.5 Å². The molecule has 9 nitrogen and oxygen atoms in total. The van der Waals surface area contributed by atoms with E-state index in [1.807, 2.05) is 12.1 Å². The third-order valence-electron chi connectivity index (χ3n) is 4.63. The number of benzene rings is 1. The molecule has 1 aromatic carbocycles. The molecule has 0 radical (unpaired) electrons. The van der Waals surface area contributed by atoms with Crippen LogP contribution >= 0.6 is 0 Å². The SMILES string of the molecule is CCOC(=O)NN(C(=O)OCC)[C@@H]1C=C[C@H]2Oc3c(OC)cc(CO)cc3[C@@H]12. The van der Waals surface area contributed by atoms with Gasteiger partial charge in [0.25, 0.3) is 0 Å². The van der Waals surface area contributed by atoms with Gasteiger partial charge in [-0.05, 0) is 37.6 Å². The zero-order chi connectivity index (χ0) is 20.3. The Hall–Kier alpha value is -2.94. The molecule has 9 heteroatoms. The first kappa shape index (κ1) is 19.8. The van der Waals surface area contributed by atoms with Gasteiger partial charge in [-0.2, -0.15) is 0 Å². The van der Waals surface area contributed by atoms with E-state index in [4.69, 9.17) is 18.9 Å². The number of hydrogen-bond donors (Lipinski definition) is 2. The highest BCUT2D eigenvalue weighted by Crippen LogP contribution is 2.50. The number of rotatable bonds is 5. The first-order valence-electron chi connectivity index (χ1n) is 9.10. The van der Waals surface area contributed by atoms with Crippen LogP contribution in [-0.2, 0) is 16.1 Å². The number of fused-ring (bicyclic) bond motifs is 3. The van der Waals surface area contributed by atoms with E-state index in [2.05, 4.69) is 5.43 Å². The van der Waals surface area contributed by atoms with Crippen LogP contribution < -0.4 is 14.9 Å². The molecular formula is C19H24N2O7. The maximum Gasteiger partial charge on any atom is 0.429 e. The highest BCUT2D eigenvalue weighted by molar-refractivity contribution is 5.75. The average Bonchev–Trinajstić information content (AvgIpc) is 3.25. The molecule has 3 atom stereocenters. The predicted molar refractivity (Wildman–Crippen MR) is 98.0 cm³/mol. The summed E-state index contributed by atoms with van der Waals surface area (Å²) < 4.78 is 21.4. The van der Waals surface area contributed by atoms with Gasteiger partial charge in [-0.15, -0.1) is 0 Å². The second-order valence-corrected chi connectivity index (χ2v) is 6.26. The highest BCUT2D eigenvalue weighted by Gasteiger charge is 2.47. The topological polar surface area (TPSA) is 107 Å². The Labute approximate surface area is 162 Å². The lowest BCUT2D eigenvalue weighted by molar-refractivity contribution is 0.0568. The van der Waals surface area contributed by atoms with Gasteiger partial charge in [-0.25, -0.2) is 20.0 Å². The van der Waals surface area contributed by atoms with E-state index >= 15 is 0 Å². The van der Waals surface area contributed by atoms with Crippen molar-refractivity contribution in [2.45, 2.75) is 38.5 Å². The molecule has 1 aromatic rings. The fourth-order valence-electron chi connectivity index (χ4n) is 3.51.